The fraction of sp³-hybridized carbons (Fsp3) is 0.947. The molecule has 0 spiro atoms. The molecule has 0 aliphatic carbocycles. The van der Waals surface area contributed by atoms with E-state index in [1.54, 1.807) is 0 Å². The molecule has 1 amide bonds. The lowest BCUT2D eigenvalue weighted by Gasteiger charge is -2.40. The number of nitrogens with one attached hydrogen (secondary N) is 1. The molecule has 3 rings (SSSR count). The largest absolute Gasteiger partial charge is 0.343 e. The summed E-state index contributed by atoms with van der Waals surface area (Å²) < 4.78 is 0. The maximum absolute atomic E-state index is 12.6. The van der Waals surface area contributed by atoms with Crippen molar-refractivity contribution in [1.82, 2.24) is 15.1 Å². The summed E-state index contributed by atoms with van der Waals surface area (Å²) in [5.41, 5.74) is 0. The van der Waals surface area contributed by atoms with Crippen molar-refractivity contribution >= 4 is 5.91 Å². The van der Waals surface area contributed by atoms with E-state index in [1.807, 2.05) is 0 Å². The highest BCUT2D eigenvalue weighted by atomic mass is 16.2. The van der Waals surface area contributed by atoms with Crippen molar-refractivity contribution in [3.05, 3.63) is 0 Å². The molecule has 3 saturated heterocycles. The van der Waals surface area contributed by atoms with E-state index in [0.29, 0.717) is 17.7 Å². The third kappa shape index (κ3) is 4.69. The lowest BCUT2D eigenvalue weighted by molar-refractivity contribution is -0.134. The van der Waals surface area contributed by atoms with E-state index in [4.69, 9.17) is 0 Å². The molecule has 0 radical (unpaired) electrons. The Morgan fingerprint density at radius 2 is 1.78 bits per heavy atom. The average Bonchev–Trinajstić information content (AvgIpc) is 2.63. The number of carbonyl (C=O) groups excluding carboxylic acids is 1. The van der Waals surface area contributed by atoms with E-state index < -0.39 is 0 Å². The monoisotopic (exact) mass is 321 g/mol. The summed E-state index contributed by atoms with van der Waals surface area (Å²) in [5, 5.41) is 3.48. The molecule has 3 fully saturated rings. The van der Waals surface area contributed by atoms with Gasteiger partial charge in [-0.25, -0.2) is 0 Å². The molecule has 4 nitrogen and oxygen atoms in total. The van der Waals surface area contributed by atoms with Crippen LogP contribution in [0, 0.1) is 11.8 Å². The van der Waals surface area contributed by atoms with Crippen LogP contribution in [-0.2, 0) is 4.79 Å². The van der Waals surface area contributed by atoms with Crippen molar-refractivity contribution in [2.24, 2.45) is 11.8 Å². The molecule has 0 bridgehead atoms. The highest BCUT2D eigenvalue weighted by Gasteiger charge is 2.29. The van der Waals surface area contributed by atoms with Crippen molar-refractivity contribution in [3.63, 3.8) is 0 Å². The third-order valence-corrected chi connectivity index (χ3v) is 6.36. The molecule has 0 aromatic carbocycles. The van der Waals surface area contributed by atoms with Crippen LogP contribution in [0.4, 0.5) is 0 Å². The van der Waals surface area contributed by atoms with Crippen LogP contribution < -0.4 is 5.32 Å². The molecule has 0 aromatic heterocycles. The van der Waals surface area contributed by atoms with Gasteiger partial charge in [0.1, 0.15) is 0 Å². The Bertz CT molecular complexity index is 367. The second-order valence-corrected chi connectivity index (χ2v) is 8.00. The molecule has 0 aromatic rings. The summed E-state index contributed by atoms with van der Waals surface area (Å²) in [4.78, 5) is 17.5. The van der Waals surface area contributed by atoms with Crippen LogP contribution >= 0.6 is 0 Å². The van der Waals surface area contributed by atoms with Crippen molar-refractivity contribution in [1.29, 1.82) is 0 Å². The molecule has 23 heavy (non-hydrogen) atoms. The normalized spacial score (nSPS) is 29.4. The van der Waals surface area contributed by atoms with Gasteiger partial charge in [-0.1, -0.05) is 13.3 Å². The molecule has 132 valence electrons. The number of rotatable bonds is 4. The van der Waals surface area contributed by atoms with Crippen LogP contribution in [0.5, 0.6) is 0 Å². The van der Waals surface area contributed by atoms with Crippen LogP contribution in [0.25, 0.3) is 0 Å². The van der Waals surface area contributed by atoms with Crippen molar-refractivity contribution in [3.8, 4) is 0 Å². The van der Waals surface area contributed by atoms with Gasteiger partial charge in [-0.2, -0.15) is 0 Å². The first kappa shape index (κ1) is 17.2. The summed E-state index contributed by atoms with van der Waals surface area (Å²) >= 11 is 0. The zero-order chi connectivity index (χ0) is 16.1. The first-order valence-corrected chi connectivity index (χ1v) is 9.96. The minimum atomic E-state index is 0.403. The van der Waals surface area contributed by atoms with Crippen LogP contribution in [0.1, 0.15) is 58.3 Å². The van der Waals surface area contributed by atoms with Gasteiger partial charge in [0, 0.05) is 25.6 Å². The van der Waals surface area contributed by atoms with Gasteiger partial charge in [-0.3, -0.25) is 4.79 Å². The number of amides is 1. The van der Waals surface area contributed by atoms with Gasteiger partial charge in [0.05, 0.1) is 0 Å². The molecule has 4 heteroatoms. The second kappa shape index (κ2) is 8.48. The molecule has 3 aliphatic heterocycles. The first-order valence-electron chi connectivity index (χ1n) is 9.96. The minimum absolute atomic E-state index is 0.403. The van der Waals surface area contributed by atoms with Crippen molar-refractivity contribution in [2.45, 2.75) is 64.3 Å². The number of nitrogens with zero attached hydrogens (tertiary/aromatic N) is 2. The summed E-state index contributed by atoms with van der Waals surface area (Å²) in [5.74, 6) is 1.62. The maximum atomic E-state index is 12.6. The van der Waals surface area contributed by atoms with Gasteiger partial charge >= 0.3 is 0 Å². The quantitative estimate of drug-likeness (QED) is 0.864. The SMILES string of the molecule is CC(CC(=O)N1CCC(N2CCCCC2)CC1)C1CCCNC1. The van der Waals surface area contributed by atoms with E-state index in [9.17, 15) is 4.79 Å². The minimum Gasteiger partial charge on any atom is -0.343 e. The van der Waals surface area contributed by atoms with E-state index in [-0.39, 0.29) is 0 Å². The first-order chi connectivity index (χ1) is 11.2. The average molecular weight is 322 g/mol. The van der Waals surface area contributed by atoms with Crippen LogP contribution in [0.3, 0.4) is 0 Å². The van der Waals surface area contributed by atoms with Crippen LogP contribution in [0.2, 0.25) is 0 Å². The number of piperidine rings is 3. The van der Waals surface area contributed by atoms with E-state index in [2.05, 4.69) is 22.0 Å². The Morgan fingerprint density at radius 1 is 1.04 bits per heavy atom. The van der Waals surface area contributed by atoms with E-state index in [0.717, 1.165) is 38.6 Å². The molecular weight excluding hydrogens is 286 g/mol. The zero-order valence-electron chi connectivity index (χ0n) is 14.9. The molecular formula is C19H35N3O. The fourth-order valence-electron chi connectivity index (χ4n) is 4.70. The Morgan fingerprint density at radius 3 is 2.43 bits per heavy atom. The summed E-state index contributed by atoms with van der Waals surface area (Å²) in [6, 6.07) is 0.735. The Balaban J connectivity index is 1.40. The standard InChI is InChI=1S/C19H35N3O/c1-16(17-6-5-9-20-15-17)14-19(23)22-12-7-18(8-13-22)21-10-3-2-4-11-21/h16-18,20H,2-15H2,1H3. The molecule has 1 N–H and O–H groups in total. The summed E-state index contributed by atoms with van der Waals surface area (Å²) in [7, 11) is 0. The highest BCUT2D eigenvalue weighted by molar-refractivity contribution is 5.76. The predicted octanol–water partition coefficient (Wildman–Crippen LogP) is 2.49. The van der Waals surface area contributed by atoms with Gasteiger partial charge in [-0.05, 0) is 76.5 Å². The van der Waals surface area contributed by atoms with Gasteiger partial charge in [-0.15, -0.1) is 0 Å². The van der Waals surface area contributed by atoms with Crippen LogP contribution in [0.15, 0.2) is 0 Å². The Hall–Kier alpha value is -0.610. The molecule has 0 saturated carbocycles. The molecule has 2 atom stereocenters. The lowest BCUT2D eigenvalue weighted by Crippen LogP contribution is -2.48. The number of hydrogen-bond acceptors (Lipinski definition) is 3. The van der Waals surface area contributed by atoms with Gasteiger partial charge < -0.3 is 15.1 Å². The summed E-state index contributed by atoms with van der Waals surface area (Å²) in [6.07, 6.45) is 9.82. The molecule has 2 unspecified atom stereocenters. The molecule has 3 aliphatic rings. The highest BCUT2D eigenvalue weighted by Crippen LogP contribution is 2.25. The number of hydrogen-bond donors (Lipinski definition) is 1. The van der Waals surface area contributed by atoms with Crippen LogP contribution in [-0.4, -0.2) is 61.0 Å². The van der Waals surface area contributed by atoms with E-state index >= 15 is 0 Å². The smallest absolute Gasteiger partial charge is 0.222 e. The topological polar surface area (TPSA) is 35.6 Å². The van der Waals surface area contributed by atoms with Crippen molar-refractivity contribution < 1.29 is 4.79 Å². The Kier molecular flexibility index (Phi) is 6.35. The van der Waals surface area contributed by atoms with Gasteiger partial charge in [0.2, 0.25) is 5.91 Å². The zero-order valence-corrected chi connectivity index (χ0v) is 14.9. The van der Waals surface area contributed by atoms with Gasteiger partial charge in [0.25, 0.3) is 0 Å². The van der Waals surface area contributed by atoms with E-state index in [1.165, 1.54) is 58.0 Å². The molecule has 3 heterocycles. The second-order valence-electron chi connectivity index (χ2n) is 8.00. The fourth-order valence-corrected chi connectivity index (χ4v) is 4.70. The summed E-state index contributed by atoms with van der Waals surface area (Å²) in [6.45, 7) is 9.06. The van der Waals surface area contributed by atoms with Crippen molar-refractivity contribution in [2.75, 3.05) is 39.3 Å². The lowest BCUT2D eigenvalue weighted by atomic mass is 9.85. The third-order valence-electron chi connectivity index (χ3n) is 6.36. The maximum Gasteiger partial charge on any atom is 0.222 e. The Labute approximate surface area is 142 Å². The predicted molar refractivity (Wildman–Crippen MR) is 94.4 cm³/mol. The number of carbonyl (C=O) groups is 1. The van der Waals surface area contributed by atoms with Gasteiger partial charge in [0.15, 0.2) is 0 Å². The number of likely N-dealkylation sites (tertiary alicyclic amines) is 2.